The number of alkyl carbamates (subject to hydrolysis) is 1. The Bertz CT molecular complexity index is 987. The second kappa shape index (κ2) is 10.1. The van der Waals surface area contributed by atoms with E-state index in [0.29, 0.717) is 6.42 Å². The smallest absolute Gasteiger partial charge is 0.407 e. The number of benzene rings is 2. The van der Waals surface area contributed by atoms with Crippen LogP contribution in [0.5, 0.6) is 0 Å². The standard InChI is InChI=1S/C25H28N2O5/c1-3-25(2,23(29)30)16-27-22(28)13-8-14-26-24(31)32-15-21-19-11-6-4-9-17(19)18-10-5-7-12-20(18)21/h4-13,21H,3,14-16H2,1-2H3,(H,26,31)(H,27,28)(H,29,30)/b13-8+. The molecule has 0 aromatic heterocycles. The van der Waals surface area contributed by atoms with Crippen LogP contribution in [0, 0.1) is 5.41 Å². The molecule has 1 atom stereocenters. The number of nitrogens with one attached hydrogen (secondary N) is 2. The van der Waals surface area contributed by atoms with Gasteiger partial charge in [0.2, 0.25) is 5.91 Å². The molecule has 0 radical (unpaired) electrons. The monoisotopic (exact) mass is 436 g/mol. The van der Waals surface area contributed by atoms with Gasteiger partial charge in [-0.1, -0.05) is 61.5 Å². The van der Waals surface area contributed by atoms with Crippen molar-refractivity contribution in [2.24, 2.45) is 5.41 Å². The van der Waals surface area contributed by atoms with Gasteiger partial charge in [0.25, 0.3) is 0 Å². The molecule has 2 aromatic carbocycles. The molecule has 32 heavy (non-hydrogen) atoms. The van der Waals surface area contributed by atoms with Gasteiger partial charge < -0.3 is 20.5 Å². The molecule has 0 heterocycles. The first-order chi connectivity index (χ1) is 15.4. The highest BCUT2D eigenvalue weighted by Crippen LogP contribution is 2.44. The Balaban J connectivity index is 1.45. The van der Waals surface area contributed by atoms with Crippen LogP contribution >= 0.6 is 0 Å². The molecule has 3 N–H and O–H groups in total. The van der Waals surface area contributed by atoms with E-state index in [1.165, 1.54) is 12.2 Å². The molecule has 0 saturated carbocycles. The van der Waals surface area contributed by atoms with E-state index in [9.17, 15) is 19.5 Å². The van der Waals surface area contributed by atoms with E-state index in [1.54, 1.807) is 13.8 Å². The van der Waals surface area contributed by atoms with Gasteiger partial charge in [-0.25, -0.2) is 4.79 Å². The molecule has 0 spiro atoms. The zero-order valence-corrected chi connectivity index (χ0v) is 18.3. The van der Waals surface area contributed by atoms with Crippen molar-refractivity contribution >= 4 is 18.0 Å². The van der Waals surface area contributed by atoms with Gasteiger partial charge in [0.1, 0.15) is 6.61 Å². The molecule has 0 saturated heterocycles. The van der Waals surface area contributed by atoms with Gasteiger partial charge in [0.15, 0.2) is 0 Å². The van der Waals surface area contributed by atoms with Crippen molar-refractivity contribution in [3.63, 3.8) is 0 Å². The minimum atomic E-state index is -1.01. The summed E-state index contributed by atoms with van der Waals surface area (Å²) in [5.41, 5.74) is 3.58. The second-order valence-electron chi connectivity index (χ2n) is 8.05. The molecule has 1 unspecified atom stereocenters. The Morgan fingerprint density at radius 2 is 1.62 bits per heavy atom. The third-order valence-corrected chi connectivity index (χ3v) is 5.93. The maximum absolute atomic E-state index is 12.1. The lowest BCUT2D eigenvalue weighted by Gasteiger charge is -2.22. The molecule has 3 rings (SSSR count). The molecule has 1 aliphatic carbocycles. The van der Waals surface area contributed by atoms with E-state index in [4.69, 9.17) is 4.74 Å². The lowest BCUT2D eigenvalue weighted by Crippen LogP contribution is -2.40. The minimum absolute atomic E-state index is 0.0171. The Kier molecular flexibility index (Phi) is 7.30. The van der Waals surface area contributed by atoms with Crippen molar-refractivity contribution < 1.29 is 24.2 Å². The number of carboxylic acid groups (broad SMARTS) is 1. The van der Waals surface area contributed by atoms with Crippen LogP contribution in [0.4, 0.5) is 4.79 Å². The van der Waals surface area contributed by atoms with E-state index in [-0.39, 0.29) is 25.6 Å². The first-order valence-electron chi connectivity index (χ1n) is 10.6. The van der Waals surface area contributed by atoms with Gasteiger partial charge in [-0.3, -0.25) is 9.59 Å². The topological polar surface area (TPSA) is 105 Å². The molecule has 0 bridgehead atoms. The maximum Gasteiger partial charge on any atom is 0.407 e. The van der Waals surface area contributed by atoms with Gasteiger partial charge in [0.05, 0.1) is 5.41 Å². The van der Waals surface area contributed by atoms with E-state index in [0.717, 1.165) is 22.3 Å². The predicted molar refractivity (Wildman–Crippen MR) is 121 cm³/mol. The molecule has 7 heteroatoms. The molecule has 2 amide bonds. The van der Waals surface area contributed by atoms with Gasteiger partial charge in [-0.2, -0.15) is 0 Å². The Hall–Kier alpha value is -3.61. The predicted octanol–water partition coefficient (Wildman–Crippen LogP) is 3.70. The van der Waals surface area contributed by atoms with E-state index in [2.05, 4.69) is 34.9 Å². The van der Waals surface area contributed by atoms with Crippen molar-refractivity contribution in [1.29, 1.82) is 0 Å². The third kappa shape index (κ3) is 5.17. The van der Waals surface area contributed by atoms with Crippen LogP contribution in [-0.2, 0) is 14.3 Å². The first kappa shape index (κ1) is 23.1. The normalized spacial score (nSPS) is 14.3. The Morgan fingerprint density at radius 3 is 2.19 bits per heavy atom. The fraction of sp³-hybridized carbons (Fsp3) is 0.320. The number of hydrogen-bond acceptors (Lipinski definition) is 4. The van der Waals surface area contributed by atoms with E-state index >= 15 is 0 Å². The number of carboxylic acids is 1. The number of carbonyl (C=O) groups is 3. The SMILES string of the molecule is CCC(C)(CNC(=O)/C=C/CNC(=O)OCC1c2ccccc2-c2ccccc21)C(=O)O. The fourth-order valence-corrected chi connectivity index (χ4v) is 3.65. The van der Waals surface area contributed by atoms with Gasteiger partial charge in [0, 0.05) is 25.1 Å². The highest BCUT2D eigenvalue weighted by Gasteiger charge is 2.31. The zero-order chi connectivity index (χ0) is 23.1. The number of amides is 2. The molecule has 7 nitrogen and oxygen atoms in total. The number of aliphatic carboxylic acids is 1. The van der Waals surface area contributed by atoms with Crippen LogP contribution in [0.1, 0.15) is 37.3 Å². The number of carbonyl (C=O) groups excluding carboxylic acids is 2. The van der Waals surface area contributed by atoms with Gasteiger partial charge in [-0.15, -0.1) is 0 Å². The molecule has 0 fully saturated rings. The average Bonchev–Trinajstić information content (AvgIpc) is 3.12. The number of rotatable bonds is 9. The van der Waals surface area contributed by atoms with E-state index in [1.807, 2.05) is 24.3 Å². The lowest BCUT2D eigenvalue weighted by atomic mass is 9.88. The fourth-order valence-electron chi connectivity index (χ4n) is 3.65. The first-order valence-corrected chi connectivity index (χ1v) is 10.6. The number of hydrogen-bond donors (Lipinski definition) is 3. The van der Waals surface area contributed by atoms with Crippen molar-refractivity contribution in [1.82, 2.24) is 10.6 Å². The summed E-state index contributed by atoms with van der Waals surface area (Å²) >= 11 is 0. The summed E-state index contributed by atoms with van der Waals surface area (Å²) in [5.74, 6) is -1.39. The number of fused-ring (bicyclic) bond motifs is 3. The van der Waals surface area contributed by atoms with Crippen LogP contribution in [-0.4, -0.2) is 42.8 Å². The van der Waals surface area contributed by atoms with E-state index < -0.39 is 23.4 Å². The number of ether oxygens (including phenoxy) is 1. The molecular weight excluding hydrogens is 408 g/mol. The van der Waals surface area contributed by atoms with Crippen molar-refractivity contribution in [2.45, 2.75) is 26.2 Å². The minimum Gasteiger partial charge on any atom is -0.481 e. The molecule has 168 valence electrons. The molecule has 1 aliphatic rings. The van der Waals surface area contributed by atoms with Crippen LogP contribution < -0.4 is 10.6 Å². The summed E-state index contributed by atoms with van der Waals surface area (Å²) in [5, 5.41) is 14.4. The highest BCUT2D eigenvalue weighted by atomic mass is 16.5. The second-order valence-corrected chi connectivity index (χ2v) is 8.05. The van der Waals surface area contributed by atoms with Crippen LogP contribution in [0.3, 0.4) is 0 Å². The summed E-state index contributed by atoms with van der Waals surface area (Å²) in [7, 11) is 0. The summed E-state index contributed by atoms with van der Waals surface area (Å²) in [6.07, 6.45) is 2.58. The average molecular weight is 437 g/mol. The zero-order valence-electron chi connectivity index (χ0n) is 18.3. The molecular formula is C25H28N2O5. The van der Waals surface area contributed by atoms with Crippen molar-refractivity contribution in [3.8, 4) is 11.1 Å². The van der Waals surface area contributed by atoms with Crippen molar-refractivity contribution in [2.75, 3.05) is 19.7 Å². The Labute approximate surface area is 187 Å². The summed E-state index contributed by atoms with van der Waals surface area (Å²) in [6, 6.07) is 16.2. The molecule has 2 aromatic rings. The molecule has 0 aliphatic heterocycles. The van der Waals surface area contributed by atoms with Gasteiger partial charge in [-0.05, 0) is 35.6 Å². The van der Waals surface area contributed by atoms with Crippen molar-refractivity contribution in [3.05, 3.63) is 71.8 Å². The van der Waals surface area contributed by atoms with Gasteiger partial charge >= 0.3 is 12.1 Å². The van der Waals surface area contributed by atoms with Crippen LogP contribution in [0.25, 0.3) is 11.1 Å². The largest absolute Gasteiger partial charge is 0.481 e. The quantitative estimate of drug-likeness (QED) is 0.520. The van der Waals surface area contributed by atoms with Crippen LogP contribution in [0.15, 0.2) is 60.7 Å². The Morgan fingerprint density at radius 1 is 1.03 bits per heavy atom. The summed E-state index contributed by atoms with van der Waals surface area (Å²) in [6.45, 7) is 3.71. The lowest BCUT2D eigenvalue weighted by molar-refractivity contribution is -0.148. The maximum atomic E-state index is 12.1. The third-order valence-electron chi connectivity index (χ3n) is 5.93. The summed E-state index contributed by atoms with van der Waals surface area (Å²) in [4.78, 5) is 35.2. The van der Waals surface area contributed by atoms with Crippen LogP contribution in [0.2, 0.25) is 0 Å². The highest BCUT2D eigenvalue weighted by molar-refractivity contribution is 5.88. The summed E-state index contributed by atoms with van der Waals surface area (Å²) < 4.78 is 5.43.